The molecule has 102 valence electrons. The second kappa shape index (κ2) is 4.82. The molecule has 0 spiro atoms. The number of anilines is 1. The summed E-state index contributed by atoms with van der Waals surface area (Å²) in [5.41, 5.74) is 4.28. The van der Waals surface area contributed by atoms with Crippen molar-refractivity contribution < 1.29 is 5.21 Å². The average molecular weight is 270 g/mol. The summed E-state index contributed by atoms with van der Waals surface area (Å²) in [6.07, 6.45) is 1.69. The van der Waals surface area contributed by atoms with Crippen LogP contribution in [0.1, 0.15) is 6.92 Å². The highest BCUT2D eigenvalue weighted by atomic mass is 16.5. The Labute approximate surface area is 114 Å². The summed E-state index contributed by atoms with van der Waals surface area (Å²) in [6.45, 7) is 2.62. The highest BCUT2D eigenvalue weighted by Gasteiger charge is 2.17. The van der Waals surface area contributed by atoms with Crippen molar-refractivity contribution in [2.75, 3.05) is 5.48 Å². The van der Waals surface area contributed by atoms with Gasteiger partial charge in [-0.3, -0.25) is 15.5 Å². The van der Waals surface area contributed by atoms with Gasteiger partial charge in [-0.15, -0.1) is 0 Å². The molecule has 3 aromatic rings. The van der Waals surface area contributed by atoms with Gasteiger partial charge in [0.25, 0.3) is 5.56 Å². The number of aryl methyl sites for hydroxylation is 1. The van der Waals surface area contributed by atoms with Gasteiger partial charge in [-0.2, -0.15) is 9.61 Å². The van der Waals surface area contributed by atoms with Crippen LogP contribution in [0.3, 0.4) is 0 Å². The summed E-state index contributed by atoms with van der Waals surface area (Å²) < 4.78 is 3.14. The predicted octanol–water partition coefficient (Wildman–Crippen LogP) is 1.98. The van der Waals surface area contributed by atoms with E-state index in [1.165, 1.54) is 10.6 Å². The molecule has 6 heteroatoms. The Hall–Kier alpha value is -2.60. The minimum Gasteiger partial charge on any atom is -0.331 e. The molecule has 0 atom stereocenters. The molecule has 0 unspecified atom stereocenters. The molecule has 0 aliphatic carbocycles. The number of hydrogen-bond acceptors (Lipinski definition) is 4. The molecule has 2 aromatic heterocycles. The minimum absolute atomic E-state index is 0.233. The molecule has 0 radical (unpaired) electrons. The molecule has 1 aromatic carbocycles. The van der Waals surface area contributed by atoms with Crippen molar-refractivity contribution in [1.82, 2.24) is 14.2 Å². The number of hydrogen-bond donors (Lipinski definition) is 2. The van der Waals surface area contributed by atoms with Crippen LogP contribution < -0.4 is 11.0 Å². The lowest BCUT2D eigenvalue weighted by Crippen LogP contribution is -2.17. The molecule has 0 fully saturated rings. The third-order valence-electron chi connectivity index (χ3n) is 3.24. The Kier molecular flexibility index (Phi) is 3.00. The fraction of sp³-hybridized carbons (Fsp3) is 0.143. The van der Waals surface area contributed by atoms with E-state index in [0.29, 0.717) is 23.6 Å². The fourth-order valence-electron chi connectivity index (χ4n) is 2.28. The highest BCUT2D eigenvalue weighted by molar-refractivity contribution is 5.84. The van der Waals surface area contributed by atoms with Crippen LogP contribution >= 0.6 is 0 Å². The summed E-state index contributed by atoms with van der Waals surface area (Å²) in [5.74, 6) is 0. The molecule has 0 aliphatic rings. The van der Waals surface area contributed by atoms with Crippen molar-refractivity contribution in [2.45, 2.75) is 13.5 Å². The van der Waals surface area contributed by atoms with Crippen molar-refractivity contribution in [3.63, 3.8) is 0 Å². The smallest absolute Gasteiger partial charge is 0.274 e. The Morgan fingerprint density at radius 2 is 2.00 bits per heavy atom. The molecule has 0 bridgehead atoms. The number of fused-ring (bicyclic) bond motifs is 1. The topological polar surface area (TPSA) is 71.6 Å². The SMILES string of the molecule is CCn1ccc(=O)n2nc(-c3ccccc3)c(NO)c12. The first-order valence-electron chi connectivity index (χ1n) is 6.34. The lowest BCUT2D eigenvalue weighted by molar-refractivity contribution is 0.389. The van der Waals surface area contributed by atoms with Gasteiger partial charge in [0.2, 0.25) is 0 Å². The monoisotopic (exact) mass is 270 g/mol. The van der Waals surface area contributed by atoms with Crippen LogP contribution in [0.2, 0.25) is 0 Å². The first kappa shape index (κ1) is 12.4. The molecular formula is C14H14N4O2. The van der Waals surface area contributed by atoms with E-state index in [4.69, 9.17) is 0 Å². The van der Waals surface area contributed by atoms with E-state index < -0.39 is 0 Å². The maximum absolute atomic E-state index is 11.9. The van der Waals surface area contributed by atoms with Gasteiger partial charge < -0.3 is 4.57 Å². The van der Waals surface area contributed by atoms with E-state index in [-0.39, 0.29) is 5.56 Å². The molecule has 0 saturated carbocycles. The molecule has 0 aliphatic heterocycles. The Bertz CT molecular complexity index is 805. The number of nitrogens with zero attached hydrogens (tertiary/aromatic N) is 3. The normalized spacial score (nSPS) is 10.9. The standard InChI is InChI=1S/C14H14N4O2/c1-2-17-9-8-11(19)18-14(17)13(16-20)12(15-18)10-6-4-3-5-7-10/h3-9,16,20H,2H2,1H3. The number of rotatable bonds is 3. The number of aromatic nitrogens is 3. The van der Waals surface area contributed by atoms with Gasteiger partial charge in [-0.05, 0) is 6.92 Å². The maximum Gasteiger partial charge on any atom is 0.274 e. The van der Waals surface area contributed by atoms with Gasteiger partial charge in [0, 0.05) is 24.4 Å². The van der Waals surface area contributed by atoms with Crippen LogP contribution in [-0.4, -0.2) is 19.4 Å². The lowest BCUT2D eigenvalue weighted by atomic mass is 10.1. The number of benzene rings is 1. The summed E-state index contributed by atoms with van der Waals surface area (Å²) >= 11 is 0. The molecule has 0 saturated heterocycles. The Morgan fingerprint density at radius 1 is 1.25 bits per heavy atom. The minimum atomic E-state index is -0.233. The summed E-state index contributed by atoms with van der Waals surface area (Å²) in [6, 6.07) is 10.9. The van der Waals surface area contributed by atoms with E-state index in [1.54, 1.807) is 6.20 Å². The first-order chi connectivity index (χ1) is 9.76. The predicted molar refractivity (Wildman–Crippen MR) is 76.0 cm³/mol. The average Bonchev–Trinajstić information content (AvgIpc) is 2.89. The highest BCUT2D eigenvalue weighted by Crippen LogP contribution is 2.29. The second-order valence-corrected chi connectivity index (χ2v) is 4.38. The maximum atomic E-state index is 11.9. The quantitative estimate of drug-likeness (QED) is 0.714. The van der Waals surface area contributed by atoms with Crippen molar-refractivity contribution in [2.24, 2.45) is 0 Å². The van der Waals surface area contributed by atoms with Crippen LogP contribution in [0, 0.1) is 0 Å². The Morgan fingerprint density at radius 3 is 2.65 bits per heavy atom. The van der Waals surface area contributed by atoms with Crippen LogP contribution in [0.25, 0.3) is 16.9 Å². The number of nitrogens with one attached hydrogen (secondary N) is 1. The summed E-state index contributed by atoms with van der Waals surface area (Å²) in [5, 5.41) is 13.8. The van der Waals surface area contributed by atoms with Crippen LogP contribution in [0.4, 0.5) is 5.69 Å². The molecule has 6 nitrogen and oxygen atoms in total. The molecule has 2 heterocycles. The van der Waals surface area contributed by atoms with E-state index in [9.17, 15) is 10.0 Å². The van der Waals surface area contributed by atoms with Gasteiger partial charge in [-0.1, -0.05) is 30.3 Å². The molecular weight excluding hydrogens is 256 g/mol. The zero-order valence-corrected chi connectivity index (χ0v) is 10.9. The van der Waals surface area contributed by atoms with E-state index >= 15 is 0 Å². The zero-order valence-electron chi connectivity index (χ0n) is 10.9. The van der Waals surface area contributed by atoms with Crippen molar-refractivity contribution in [3.05, 3.63) is 52.9 Å². The first-order valence-corrected chi connectivity index (χ1v) is 6.34. The molecule has 20 heavy (non-hydrogen) atoms. The van der Waals surface area contributed by atoms with Crippen molar-refractivity contribution in [1.29, 1.82) is 0 Å². The van der Waals surface area contributed by atoms with Crippen LogP contribution in [-0.2, 0) is 6.54 Å². The van der Waals surface area contributed by atoms with E-state index in [0.717, 1.165) is 5.56 Å². The Balaban J connectivity index is 2.40. The lowest BCUT2D eigenvalue weighted by Gasteiger charge is -2.06. The summed E-state index contributed by atoms with van der Waals surface area (Å²) in [4.78, 5) is 11.9. The van der Waals surface area contributed by atoms with Gasteiger partial charge in [0.15, 0.2) is 5.65 Å². The van der Waals surface area contributed by atoms with Gasteiger partial charge in [0.05, 0.1) is 0 Å². The van der Waals surface area contributed by atoms with E-state index in [1.807, 2.05) is 41.8 Å². The van der Waals surface area contributed by atoms with Crippen molar-refractivity contribution >= 4 is 11.3 Å². The largest absolute Gasteiger partial charge is 0.331 e. The fourth-order valence-corrected chi connectivity index (χ4v) is 2.28. The third kappa shape index (κ3) is 1.78. The van der Waals surface area contributed by atoms with Crippen LogP contribution in [0.5, 0.6) is 0 Å². The molecule has 2 N–H and O–H groups in total. The van der Waals surface area contributed by atoms with Crippen LogP contribution in [0.15, 0.2) is 47.4 Å². The van der Waals surface area contributed by atoms with Gasteiger partial charge in [-0.25, -0.2) is 0 Å². The third-order valence-corrected chi connectivity index (χ3v) is 3.24. The van der Waals surface area contributed by atoms with Gasteiger partial charge in [0.1, 0.15) is 11.4 Å². The van der Waals surface area contributed by atoms with Crippen molar-refractivity contribution in [3.8, 4) is 11.3 Å². The van der Waals surface area contributed by atoms with Gasteiger partial charge >= 0.3 is 0 Å². The van der Waals surface area contributed by atoms with E-state index in [2.05, 4.69) is 10.6 Å². The molecule has 3 rings (SSSR count). The summed E-state index contributed by atoms with van der Waals surface area (Å²) in [7, 11) is 0. The molecule has 0 amide bonds. The second-order valence-electron chi connectivity index (χ2n) is 4.38. The zero-order chi connectivity index (χ0) is 14.1.